The molecule has 0 aliphatic rings. The van der Waals surface area contributed by atoms with Crippen LogP contribution in [0.15, 0.2) is 30.3 Å². The molecule has 0 bridgehead atoms. The fourth-order valence-corrected chi connectivity index (χ4v) is 1.72. The molecule has 0 atom stereocenters. The highest BCUT2D eigenvalue weighted by Crippen LogP contribution is 2.25. The van der Waals surface area contributed by atoms with Gasteiger partial charge in [0, 0.05) is 16.7 Å². The summed E-state index contributed by atoms with van der Waals surface area (Å²) in [5, 5.41) is 7.88. The van der Waals surface area contributed by atoms with Crippen molar-refractivity contribution < 1.29 is 22.6 Å². The van der Waals surface area contributed by atoms with Crippen LogP contribution in [-0.2, 0) is 6.61 Å². The maximum absolute atomic E-state index is 12.0. The van der Waals surface area contributed by atoms with Crippen molar-refractivity contribution in [3.63, 3.8) is 0 Å². The van der Waals surface area contributed by atoms with Gasteiger partial charge < -0.3 is 9.47 Å². The first kappa shape index (κ1) is 16.4. The van der Waals surface area contributed by atoms with Gasteiger partial charge in [0.15, 0.2) is 6.61 Å². The minimum atomic E-state index is -4.41. The molecule has 1 aromatic heterocycles. The van der Waals surface area contributed by atoms with Crippen LogP contribution in [0.4, 0.5) is 13.2 Å². The third-order valence-electron chi connectivity index (χ3n) is 2.67. The van der Waals surface area contributed by atoms with Crippen LogP contribution in [0.25, 0.3) is 0 Å². The SMILES string of the molecule is Cc1c(Cl)cccc1OCc1ccc(OCC(F)(F)F)nn1. The second-order valence-electron chi connectivity index (χ2n) is 4.42. The maximum Gasteiger partial charge on any atom is 0.422 e. The van der Waals surface area contributed by atoms with E-state index in [-0.39, 0.29) is 12.5 Å². The van der Waals surface area contributed by atoms with E-state index < -0.39 is 12.8 Å². The van der Waals surface area contributed by atoms with Crippen LogP contribution in [0.2, 0.25) is 5.02 Å². The first-order valence-corrected chi connectivity index (χ1v) is 6.63. The van der Waals surface area contributed by atoms with E-state index in [4.69, 9.17) is 16.3 Å². The second-order valence-corrected chi connectivity index (χ2v) is 4.83. The van der Waals surface area contributed by atoms with Gasteiger partial charge in [-0.2, -0.15) is 13.2 Å². The lowest BCUT2D eigenvalue weighted by Gasteiger charge is -2.10. The van der Waals surface area contributed by atoms with Crippen LogP contribution in [-0.4, -0.2) is 23.0 Å². The van der Waals surface area contributed by atoms with Crippen molar-refractivity contribution in [3.8, 4) is 11.6 Å². The lowest BCUT2D eigenvalue weighted by molar-refractivity contribution is -0.154. The molecule has 0 saturated heterocycles. The van der Waals surface area contributed by atoms with Crippen molar-refractivity contribution >= 4 is 11.6 Å². The first-order chi connectivity index (χ1) is 10.3. The summed E-state index contributed by atoms with van der Waals surface area (Å²) in [5.41, 5.74) is 1.25. The minimum absolute atomic E-state index is 0.119. The Hall–Kier alpha value is -2.02. The summed E-state index contributed by atoms with van der Waals surface area (Å²) < 4.78 is 46.0. The molecule has 0 N–H and O–H groups in total. The van der Waals surface area contributed by atoms with E-state index >= 15 is 0 Å². The van der Waals surface area contributed by atoms with Crippen molar-refractivity contribution in [1.29, 1.82) is 0 Å². The average Bonchev–Trinajstić information content (AvgIpc) is 2.47. The highest BCUT2D eigenvalue weighted by molar-refractivity contribution is 6.31. The van der Waals surface area contributed by atoms with Gasteiger partial charge in [0.25, 0.3) is 0 Å². The van der Waals surface area contributed by atoms with Gasteiger partial charge in [0.05, 0.1) is 0 Å². The lowest BCUT2D eigenvalue weighted by atomic mass is 10.2. The fourth-order valence-electron chi connectivity index (χ4n) is 1.55. The number of rotatable bonds is 5. The zero-order valence-electron chi connectivity index (χ0n) is 11.5. The maximum atomic E-state index is 12.0. The molecule has 0 spiro atoms. The van der Waals surface area contributed by atoms with E-state index in [9.17, 15) is 13.2 Å². The molecule has 0 fully saturated rings. The number of hydrogen-bond acceptors (Lipinski definition) is 4. The van der Waals surface area contributed by atoms with Crippen LogP contribution in [0, 0.1) is 6.92 Å². The van der Waals surface area contributed by atoms with Gasteiger partial charge in [-0.1, -0.05) is 17.7 Å². The van der Waals surface area contributed by atoms with Crippen molar-refractivity contribution in [2.75, 3.05) is 6.61 Å². The minimum Gasteiger partial charge on any atom is -0.487 e. The fraction of sp³-hybridized carbons (Fsp3) is 0.286. The molecule has 2 rings (SSSR count). The number of nitrogens with zero attached hydrogens (tertiary/aromatic N) is 2. The molecule has 0 aliphatic heterocycles. The molecular weight excluding hydrogens is 321 g/mol. The van der Waals surface area contributed by atoms with E-state index in [1.807, 2.05) is 6.92 Å². The van der Waals surface area contributed by atoms with E-state index in [1.54, 1.807) is 18.2 Å². The van der Waals surface area contributed by atoms with Gasteiger partial charge in [-0.15, -0.1) is 10.2 Å². The normalized spacial score (nSPS) is 11.3. The Morgan fingerprint density at radius 2 is 1.86 bits per heavy atom. The summed E-state index contributed by atoms with van der Waals surface area (Å²) >= 11 is 5.97. The summed E-state index contributed by atoms with van der Waals surface area (Å²) in [6, 6.07) is 8.05. The Kier molecular flexibility index (Phi) is 5.07. The molecule has 118 valence electrons. The predicted molar refractivity (Wildman–Crippen MR) is 74.1 cm³/mol. The standard InChI is InChI=1S/C14H12ClF3N2O2/c1-9-11(15)3-2-4-12(9)21-7-10-5-6-13(20-19-10)22-8-14(16,17)18/h2-6H,7-8H2,1H3. The first-order valence-electron chi connectivity index (χ1n) is 6.25. The van der Waals surface area contributed by atoms with Gasteiger partial charge in [0.1, 0.15) is 18.1 Å². The largest absolute Gasteiger partial charge is 0.487 e. The van der Waals surface area contributed by atoms with Crippen LogP contribution in [0.3, 0.4) is 0 Å². The zero-order chi connectivity index (χ0) is 16.2. The summed E-state index contributed by atoms with van der Waals surface area (Å²) in [7, 11) is 0. The van der Waals surface area contributed by atoms with Crippen molar-refractivity contribution in [1.82, 2.24) is 10.2 Å². The molecular formula is C14H12ClF3N2O2. The molecule has 0 radical (unpaired) electrons. The third kappa shape index (κ3) is 4.77. The summed E-state index contributed by atoms with van der Waals surface area (Å²) in [6.45, 7) is 0.532. The number of alkyl halides is 3. The Labute approximate surface area is 129 Å². The quantitative estimate of drug-likeness (QED) is 0.831. The Balaban J connectivity index is 1.93. The van der Waals surface area contributed by atoms with Crippen LogP contribution in [0.5, 0.6) is 11.6 Å². The monoisotopic (exact) mass is 332 g/mol. The number of benzene rings is 1. The average molecular weight is 333 g/mol. The molecule has 2 aromatic rings. The van der Waals surface area contributed by atoms with Crippen LogP contribution >= 0.6 is 11.6 Å². The summed E-state index contributed by atoms with van der Waals surface area (Å²) in [4.78, 5) is 0. The summed E-state index contributed by atoms with van der Waals surface area (Å²) in [6.07, 6.45) is -4.41. The van der Waals surface area contributed by atoms with Crippen LogP contribution in [0.1, 0.15) is 11.3 Å². The van der Waals surface area contributed by atoms with Crippen LogP contribution < -0.4 is 9.47 Å². The molecule has 0 amide bonds. The molecule has 1 aromatic carbocycles. The molecule has 4 nitrogen and oxygen atoms in total. The summed E-state index contributed by atoms with van der Waals surface area (Å²) in [5.74, 6) is 0.409. The number of hydrogen-bond donors (Lipinski definition) is 0. The van der Waals surface area contributed by atoms with Gasteiger partial charge in [-0.3, -0.25) is 0 Å². The predicted octanol–water partition coefficient (Wildman–Crippen LogP) is 3.96. The van der Waals surface area contributed by atoms with E-state index in [0.717, 1.165) is 5.56 Å². The second kappa shape index (κ2) is 6.83. The van der Waals surface area contributed by atoms with Crippen molar-refractivity contribution in [2.45, 2.75) is 19.7 Å². The number of aromatic nitrogens is 2. The highest BCUT2D eigenvalue weighted by atomic mass is 35.5. The third-order valence-corrected chi connectivity index (χ3v) is 3.08. The van der Waals surface area contributed by atoms with E-state index in [2.05, 4.69) is 14.9 Å². The Morgan fingerprint density at radius 3 is 2.50 bits per heavy atom. The molecule has 0 unspecified atom stereocenters. The van der Waals surface area contributed by atoms with E-state index in [0.29, 0.717) is 16.5 Å². The zero-order valence-corrected chi connectivity index (χ0v) is 12.3. The van der Waals surface area contributed by atoms with Gasteiger partial charge >= 0.3 is 6.18 Å². The Morgan fingerprint density at radius 1 is 1.09 bits per heavy atom. The van der Waals surface area contributed by atoms with E-state index in [1.165, 1.54) is 12.1 Å². The topological polar surface area (TPSA) is 44.2 Å². The van der Waals surface area contributed by atoms with Gasteiger partial charge in [-0.25, -0.2) is 0 Å². The molecule has 8 heteroatoms. The molecule has 1 heterocycles. The van der Waals surface area contributed by atoms with Gasteiger partial charge in [-0.05, 0) is 25.1 Å². The van der Waals surface area contributed by atoms with Crippen molar-refractivity contribution in [3.05, 3.63) is 46.6 Å². The Bertz CT molecular complexity index is 633. The number of halogens is 4. The number of ether oxygens (including phenoxy) is 2. The van der Waals surface area contributed by atoms with Crippen molar-refractivity contribution in [2.24, 2.45) is 0 Å². The highest BCUT2D eigenvalue weighted by Gasteiger charge is 2.28. The molecule has 0 saturated carbocycles. The lowest BCUT2D eigenvalue weighted by Crippen LogP contribution is -2.19. The van der Waals surface area contributed by atoms with Gasteiger partial charge in [0.2, 0.25) is 5.88 Å². The molecule has 22 heavy (non-hydrogen) atoms. The smallest absolute Gasteiger partial charge is 0.422 e. The molecule has 0 aliphatic carbocycles.